The van der Waals surface area contributed by atoms with Gasteiger partial charge in [-0.05, 0) is 57.9 Å². The first-order valence-corrected chi connectivity index (χ1v) is 13.3. The minimum absolute atomic E-state index is 0.0123. The Hall–Kier alpha value is -3.18. The second-order valence-electron chi connectivity index (χ2n) is 9.56. The Balaban J connectivity index is 2.49. The van der Waals surface area contributed by atoms with Gasteiger partial charge in [-0.1, -0.05) is 29.8 Å². The van der Waals surface area contributed by atoms with Crippen molar-refractivity contribution in [1.29, 1.82) is 0 Å². The Bertz CT molecular complexity index is 1240. The topological polar surface area (TPSA) is 130 Å². The van der Waals surface area contributed by atoms with Crippen molar-refractivity contribution < 1.29 is 22.9 Å². The van der Waals surface area contributed by atoms with E-state index in [1.165, 1.54) is 17.0 Å². The summed E-state index contributed by atoms with van der Waals surface area (Å²) in [4.78, 5) is 38.4. The van der Waals surface area contributed by atoms with Crippen LogP contribution < -0.4 is 9.62 Å². The van der Waals surface area contributed by atoms with E-state index in [2.05, 4.69) is 5.32 Å². The van der Waals surface area contributed by atoms with E-state index in [9.17, 15) is 28.1 Å². The van der Waals surface area contributed by atoms with E-state index >= 15 is 0 Å². The molecule has 0 saturated carbocycles. The van der Waals surface area contributed by atoms with Crippen molar-refractivity contribution in [3.63, 3.8) is 0 Å². The Kier molecular flexibility index (Phi) is 9.08. The normalized spacial score (nSPS) is 12.5. The number of hydrogen-bond donors (Lipinski definition) is 1. The second kappa shape index (κ2) is 11.3. The summed E-state index contributed by atoms with van der Waals surface area (Å²) in [6, 6.07) is 9.55. The Morgan fingerprint density at radius 2 is 1.72 bits per heavy atom. The van der Waals surface area contributed by atoms with E-state index < -0.39 is 44.9 Å². The lowest BCUT2D eigenvalue weighted by atomic mass is 10.1. The molecular formula is C24H31ClN4O6S. The van der Waals surface area contributed by atoms with Gasteiger partial charge in [0.15, 0.2) is 0 Å². The molecule has 196 valence electrons. The van der Waals surface area contributed by atoms with Crippen molar-refractivity contribution in [3.05, 3.63) is 68.7 Å². The predicted molar refractivity (Wildman–Crippen MR) is 139 cm³/mol. The van der Waals surface area contributed by atoms with E-state index in [1.807, 2.05) is 0 Å². The molecule has 12 heteroatoms. The number of aryl methyl sites for hydroxylation is 1. The maximum Gasteiger partial charge on any atom is 0.271 e. The lowest BCUT2D eigenvalue weighted by Crippen LogP contribution is -2.54. The standard InChI is InChI=1S/C24H31ClN4O6S/c1-16-7-12-20(29(32)33)13-21(16)28(36(6,34)35)15-22(30)27(14-18-8-10-19(25)11-9-18)17(2)23(31)26-24(3,4)5/h7-13,17H,14-15H2,1-6H3,(H,26,31)/t17-/m1/s1. The average Bonchev–Trinajstić information content (AvgIpc) is 2.75. The van der Waals surface area contributed by atoms with Crippen LogP contribution in [0.4, 0.5) is 11.4 Å². The van der Waals surface area contributed by atoms with Gasteiger partial charge in [-0.15, -0.1) is 0 Å². The van der Waals surface area contributed by atoms with Crippen molar-refractivity contribution in [2.75, 3.05) is 17.1 Å². The van der Waals surface area contributed by atoms with Crippen LogP contribution in [0.25, 0.3) is 0 Å². The number of hydrogen-bond acceptors (Lipinski definition) is 6. The van der Waals surface area contributed by atoms with Crippen LogP contribution in [0, 0.1) is 17.0 Å². The molecular weight excluding hydrogens is 508 g/mol. The summed E-state index contributed by atoms with van der Waals surface area (Å²) in [5.74, 6) is -1.07. The van der Waals surface area contributed by atoms with Crippen molar-refractivity contribution >= 4 is 44.8 Å². The summed E-state index contributed by atoms with van der Waals surface area (Å²) in [6.07, 6.45) is 0.915. The lowest BCUT2D eigenvalue weighted by molar-refractivity contribution is -0.384. The average molecular weight is 539 g/mol. The summed E-state index contributed by atoms with van der Waals surface area (Å²) >= 11 is 5.97. The van der Waals surface area contributed by atoms with Crippen LogP contribution in [0.15, 0.2) is 42.5 Å². The first-order chi connectivity index (χ1) is 16.5. The van der Waals surface area contributed by atoms with E-state index in [-0.39, 0.29) is 17.9 Å². The molecule has 0 aliphatic carbocycles. The van der Waals surface area contributed by atoms with Gasteiger partial charge in [0.2, 0.25) is 21.8 Å². The van der Waals surface area contributed by atoms with Crippen LogP contribution in [0.2, 0.25) is 5.02 Å². The highest BCUT2D eigenvalue weighted by Crippen LogP contribution is 2.28. The predicted octanol–water partition coefficient (Wildman–Crippen LogP) is 3.65. The summed E-state index contributed by atoms with van der Waals surface area (Å²) in [5, 5.41) is 14.6. The van der Waals surface area contributed by atoms with Crippen molar-refractivity contribution in [2.24, 2.45) is 0 Å². The fraction of sp³-hybridized carbons (Fsp3) is 0.417. The summed E-state index contributed by atoms with van der Waals surface area (Å²) in [7, 11) is -4.02. The smallest absolute Gasteiger partial charge is 0.271 e. The van der Waals surface area contributed by atoms with Gasteiger partial charge in [0.25, 0.3) is 5.69 Å². The van der Waals surface area contributed by atoms with Gasteiger partial charge in [-0.3, -0.25) is 24.0 Å². The number of anilines is 1. The molecule has 0 heterocycles. The van der Waals surface area contributed by atoms with Crippen LogP contribution in [-0.2, 0) is 26.2 Å². The van der Waals surface area contributed by atoms with Crippen LogP contribution in [-0.4, -0.2) is 54.4 Å². The van der Waals surface area contributed by atoms with Crippen molar-refractivity contribution in [3.8, 4) is 0 Å². The summed E-state index contributed by atoms with van der Waals surface area (Å²) in [5.41, 5.74) is 0.257. The minimum atomic E-state index is -4.02. The number of nitrogens with one attached hydrogen (secondary N) is 1. The maximum absolute atomic E-state index is 13.6. The van der Waals surface area contributed by atoms with E-state index in [0.29, 0.717) is 16.1 Å². The number of benzene rings is 2. The molecule has 0 aromatic heterocycles. The highest BCUT2D eigenvalue weighted by Gasteiger charge is 2.32. The SMILES string of the molecule is Cc1ccc([N+](=O)[O-])cc1N(CC(=O)N(Cc1ccc(Cl)cc1)[C@H](C)C(=O)NC(C)(C)C)S(C)(=O)=O. The van der Waals surface area contributed by atoms with Crippen molar-refractivity contribution in [1.82, 2.24) is 10.2 Å². The zero-order valence-corrected chi connectivity index (χ0v) is 22.7. The van der Waals surface area contributed by atoms with Crippen LogP contribution in [0.3, 0.4) is 0 Å². The van der Waals surface area contributed by atoms with Gasteiger partial charge < -0.3 is 10.2 Å². The molecule has 10 nitrogen and oxygen atoms in total. The highest BCUT2D eigenvalue weighted by atomic mass is 35.5. The largest absolute Gasteiger partial charge is 0.350 e. The van der Waals surface area contributed by atoms with Crippen LogP contribution in [0.1, 0.15) is 38.8 Å². The van der Waals surface area contributed by atoms with Crippen molar-refractivity contribution in [2.45, 2.75) is 52.7 Å². The zero-order chi connectivity index (χ0) is 27.4. The molecule has 0 saturated heterocycles. The molecule has 0 spiro atoms. The quantitative estimate of drug-likeness (QED) is 0.383. The fourth-order valence-corrected chi connectivity index (χ4v) is 4.44. The van der Waals surface area contributed by atoms with E-state index in [1.54, 1.807) is 58.9 Å². The molecule has 0 radical (unpaired) electrons. The molecule has 0 unspecified atom stereocenters. The van der Waals surface area contributed by atoms with Gasteiger partial charge in [-0.2, -0.15) is 0 Å². The molecule has 2 amide bonds. The number of nitro groups is 1. The summed E-state index contributed by atoms with van der Waals surface area (Å²) in [6.45, 7) is 7.92. The third kappa shape index (κ3) is 7.92. The van der Waals surface area contributed by atoms with Gasteiger partial charge in [-0.25, -0.2) is 8.42 Å². The molecule has 2 rings (SSSR count). The first-order valence-electron chi connectivity index (χ1n) is 11.1. The molecule has 36 heavy (non-hydrogen) atoms. The van der Waals surface area contributed by atoms with Gasteiger partial charge in [0, 0.05) is 29.2 Å². The first kappa shape index (κ1) is 29.1. The Labute approximate surface area is 216 Å². The van der Waals surface area contributed by atoms with Crippen LogP contribution >= 0.6 is 11.6 Å². The molecule has 2 aromatic rings. The number of nitro benzene ring substituents is 1. The molecule has 0 fully saturated rings. The third-order valence-electron chi connectivity index (χ3n) is 5.28. The minimum Gasteiger partial charge on any atom is -0.350 e. The number of rotatable bonds is 9. The number of carbonyl (C=O) groups is 2. The number of halogens is 1. The van der Waals surface area contributed by atoms with Gasteiger partial charge >= 0.3 is 0 Å². The lowest BCUT2D eigenvalue weighted by Gasteiger charge is -2.33. The molecule has 0 bridgehead atoms. The van der Waals surface area contributed by atoms with Gasteiger partial charge in [0.05, 0.1) is 16.9 Å². The molecule has 0 aliphatic heterocycles. The van der Waals surface area contributed by atoms with Crippen LogP contribution in [0.5, 0.6) is 0 Å². The van der Waals surface area contributed by atoms with E-state index in [0.717, 1.165) is 16.6 Å². The molecule has 2 aromatic carbocycles. The number of amides is 2. The Morgan fingerprint density at radius 1 is 1.14 bits per heavy atom. The zero-order valence-electron chi connectivity index (χ0n) is 21.1. The monoisotopic (exact) mass is 538 g/mol. The molecule has 1 atom stereocenters. The number of non-ortho nitro benzene ring substituents is 1. The highest BCUT2D eigenvalue weighted by molar-refractivity contribution is 7.92. The number of carbonyl (C=O) groups excluding carboxylic acids is 2. The second-order valence-corrected chi connectivity index (χ2v) is 11.9. The fourth-order valence-electron chi connectivity index (χ4n) is 3.42. The van der Waals surface area contributed by atoms with Gasteiger partial charge in [0.1, 0.15) is 12.6 Å². The molecule has 0 aliphatic rings. The third-order valence-corrected chi connectivity index (χ3v) is 6.66. The summed E-state index contributed by atoms with van der Waals surface area (Å²) < 4.78 is 26.2. The number of nitrogens with zero attached hydrogens (tertiary/aromatic N) is 3. The van der Waals surface area contributed by atoms with E-state index in [4.69, 9.17) is 11.6 Å². The number of sulfonamides is 1. The molecule has 1 N–H and O–H groups in total. The Morgan fingerprint density at radius 3 is 2.22 bits per heavy atom. The maximum atomic E-state index is 13.6.